The van der Waals surface area contributed by atoms with Crippen LogP contribution in [0.15, 0.2) is 89.5 Å². The van der Waals surface area contributed by atoms with Crippen LogP contribution in [0, 0.1) is 6.92 Å². The van der Waals surface area contributed by atoms with Gasteiger partial charge in [-0.2, -0.15) is 0 Å². The fourth-order valence-corrected chi connectivity index (χ4v) is 4.57. The first-order valence-corrected chi connectivity index (χ1v) is 10.1. The molecule has 0 aromatic heterocycles. The summed E-state index contributed by atoms with van der Waals surface area (Å²) in [6.45, 7) is 2.11. The number of nitrogens with zero attached hydrogens (tertiary/aromatic N) is 1. The van der Waals surface area contributed by atoms with Crippen LogP contribution in [0.2, 0.25) is 0 Å². The Morgan fingerprint density at radius 1 is 0.889 bits per heavy atom. The van der Waals surface area contributed by atoms with E-state index in [1.807, 2.05) is 55.5 Å². The van der Waals surface area contributed by atoms with Crippen LogP contribution in [0.3, 0.4) is 0 Å². The molecule has 3 aromatic carbocycles. The number of ether oxygens (including phenoxy) is 1. The Morgan fingerprint density at radius 2 is 1.56 bits per heavy atom. The first-order valence-electron chi connectivity index (χ1n) is 8.65. The molecule has 1 aliphatic heterocycles. The van der Waals surface area contributed by atoms with Gasteiger partial charge in [-0.3, -0.25) is 0 Å². The van der Waals surface area contributed by atoms with Gasteiger partial charge in [-0.15, -0.1) is 0 Å². The van der Waals surface area contributed by atoms with Crippen LogP contribution in [0.1, 0.15) is 11.1 Å². The van der Waals surface area contributed by atoms with E-state index in [0.29, 0.717) is 17.1 Å². The minimum atomic E-state index is -3.78. The molecule has 1 aliphatic rings. The summed E-state index contributed by atoms with van der Waals surface area (Å²) in [6, 6.07) is 23.7. The number of fused-ring (bicyclic) bond motifs is 1. The summed E-state index contributed by atoms with van der Waals surface area (Å²) in [7, 11) is -3.78. The molecular weight excluding hydrogens is 358 g/mol. The Hall–Kier alpha value is -3.05. The van der Waals surface area contributed by atoms with Crippen LogP contribution in [0.25, 0.3) is 6.08 Å². The topological polar surface area (TPSA) is 46.6 Å². The van der Waals surface area contributed by atoms with Crippen molar-refractivity contribution < 1.29 is 13.2 Å². The molecule has 0 amide bonds. The Labute approximate surface area is 159 Å². The molecular formula is C22H19NO3S. The van der Waals surface area contributed by atoms with E-state index in [-0.39, 0.29) is 11.5 Å². The summed E-state index contributed by atoms with van der Waals surface area (Å²) in [6.07, 6.45) is 1.85. The second kappa shape index (κ2) is 6.93. The molecule has 0 spiro atoms. The maximum atomic E-state index is 13.5. The molecule has 0 saturated heterocycles. The smallest absolute Gasteiger partial charge is 0.268 e. The summed E-state index contributed by atoms with van der Waals surface area (Å²) in [5.74, 6) is 0.554. The third kappa shape index (κ3) is 3.34. The normalized spacial score (nSPS) is 15.3. The van der Waals surface area contributed by atoms with E-state index in [0.717, 1.165) is 11.1 Å². The summed E-state index contributed by atoms with van der Waals surface area (Å²) < 4.78 is 34.2. The van der Waals surface area contributed by atoms with Gasteiger partial charge in [-0.1, -0.05) is 60.2 Å². The van der Waals surface area contributed by atoms with Crippen molar-refractivity contribution in [2.75, 3.05) is 10.9 Å². The molecule has 0 atom stereocenters. The summed E-state index contributed by atoms with van der Waals surface area (Å²) >= 11 is 0. The Morgan fingerprint density at radius 3 is 2.30 bits per heavy atom. The van der Waals surface area contributed by atoms with E-state index < -0.39 is 10.0 Å². The van der Waals surface area contributed by atoms with Gasteiger partial charge in [0, 0.05) is 0 Å². The maximum Gasteiger partial charge on any atom is 0.268 e. The molecule has 4 rings (SSSR count). The summed E-state index contributed by atoms with van der Waals surface area (Å²) in [4.78, 5) is 0.253. The molecule has 27 heavy (non-hydrogen) atoms. The van der Waals surface area contributed by atoms with Crippen molar-refractivity contribution >= 4 is 21.8 Å². The van der Waals surface area contributed by atoms with Crippen molar-refractivity contribution in [1.29, 1.82) is 0 Å². The monoisotopic (exact) mass is 377 g/mol. The van der Waals surface area contributed by atoms with Crippen LogP contribution >= 0.6 is 0 Å². The molecule has 0 unspecified atom stereocenters. The zero-order valence-electron chi connectivity index (χ0n) is 14.9. The lowest BCUT2D eigenvalue weighted by molar-refractivity contribution is 0.342. The minimum absolute atomic E-state index is 0.178. The predicted octanol–water partition coefficient (Wildman–Crippen LogP) is 4.62. The van der Waals surface area contributed by atoms with Gasteiger partial charge in [0.05, 0.1) is 16.3 Å². The average molecular weight is 377 g/mol. The molecule has 3 aromatic rings. The van der Waals surface area contributed by atoms with Gasteiger partial charge >= 0.3 is 0 Å². The molecule has 1 heterocycles. The average Bonchev–Trinajstić information content (AvgIpc) is 2.69. The van der Waals surface area contributed by atoms with E-state index in [2.05, 4.69) is 0 Å². The first kappa shape index (κ1) is 17.4. The minimum Gasteiger partial charge on any atom is -0.485 e. The van der Waals surface area contributed by atoms with Gasteiger partial charge in [0.1, 0.15) is 12.4 Å². The van der Waals surface area contributed by atoms with Gasteiger partial charge in [0.15, 0.2) is 0 Å². The first-order chi connectivity index (χ1) is 13.1. The number of sulfonamides is 1. The lowest BCUT2D eigenvalue weighted by Gasteiger charge is -2.32. The molecule has 4 nitrogen and oxygen atoms in total. The third-order valence-corrected chi connectivity index (χ3v) is 6.19. The van der Waals surface area contributed by atoms with Crippen LogP contribution in [-0.2, 0) is 10.0 Å². The lowest BCUT2D eigenvalue weighted by Crippen LogP contribution is -2.36. The highest BCUT2D eigenvalue weighted by atomic mass is 32.2. The number of para-hydroxylation sites is 2. The van der Waals surface area contributed by atoms with Crippen LogP contribution in [0.5, 0.6) is 5.75 Å². The molecule has 0 bridgehead atoms. The number of anilines is 1. The van der Waals surface area contributed by atoms with Gasteiger partial charge in [0.2, 0.25) is 0 Å². The standard InChI is InChI=1S/C22H19NO3S/c1-17-11-13-20(14-12-17)27(24,25)23-19(15-18-7-3-2-4-8-18)16-26-22-10-6-5-9-21(22)23/h2-15H,16H2,1H3/b19-15+. The summed E-state index contributed by atoms with van der Waals surface area (Å²) in [5.41, 5.74) is 3.02. The van der Waals surface area contributed by atoms with Gasteiger partial charge in [-0.05, 0) is 42.8 Å². The fraction of sp³-hybridized carbons (Fsp3) is 0.0909. The quantitative estimate of drug-likeness (QED) is 0.669. The van der Waals surface area contributed by atoms with E-state index in [9.17, 15) is 8.42 Å². The largest absolute Gasteiger partial charge is 0.485 e. The van der Waals surface area contributed by atoms with Crippen molar-refractivity contribution in [3.63, 3.8) is 0 Å². The number of benzene rings is 3. The molecule has 0 radical (unpaired) electrons. The van der Waals surface area contributed by atoms with Gasteiger partial charge < -0.3 is 4.74 Å². The van der Waals surface area contributed by atoms with E-state index >= 15 is 0 Å². The molecule has 0 fully saturated rings. The molecule has 0 saturated carbocycles. The molecule has 136 valence electrons. The zero-order valence-corrected chi connectivity index (χ0v) is 15.7. The van der Waals surface area contributed by atoms with Crippen molar-refractivity contribution in [2.45, 2.75) is 11.8 Å². The lowest BCUT2D eigenvalue weighted by atomic mass is 10.1. The fourth-order valence-electron chi connectivity index (χ4n) is 3.05. The number of hydrogen-bond acceptors (Lipinski definition) is 3. The number of rotatable bonds is 3. The van der Waals surface area contributed by atoms with E-state index in [4.69, 9.17) is 4.74 Å². The SMILES string of the molecule is Cc1ccc(S(=O)(=O)N2/C(=C/c3ccccc3)COc3ccccc32)cc1. The third-order valence-electron chi connectivity index (χ3n) is 4.41. The number of hydrogen-bond donors (Lipinski definition) is 0. The maximum absolute atomic E-state index is 13.5. The summed E-state index contributed by atoms with van der Waals surface area (Å²) in [5, 5.41) is 0. The van der Waals surface area contributed by atoms with Crippen LogP contribution in [-0.4, -0.2) is 15.0 Å². The number of aryl methyl sites for hydroxylation is 1. The Balaban J connectivity index is 1.88. The Bertz CT molecular complexity index is 1090. The highest BCUT2D eigenvalue weighted by molar-refractivity contribution is 7.93. The van der Waals surface area contributed by atoms with Crippen LogP contribution in [0.4, 0.5) is 5.69 Å². The van der Waals surface area contributed by atoms with Gasteiger partial charge in [-0.25, -0.2) is 12.7 Å². The van der Waals surface area contributed by atoms with Crippen molar-refractivity contribution in [2.24, 2.45) is 0 Å². The van der Waals surface area contributed by atoms with Crippen molar-refractivity contribution in [1.82, 2.24) is 0 Å². The molecule has 0 aliphatic carbocycles. The zero-order chi connectivity index (χ0) is 18.9. The molecule has 0 N–H and O–H groups in total. The highest BCUT2D eigenvalue weighted by Crippen LogP contribution is 2.39. The van der Waals surface area contributed by atoms with E-state index in [1.54, 1.807) is 36.4 Å². The second-order valence-corrected chi connectivity index (χ2v) is 8.17. The highest BCUT2D eigenvalue weighted by Gasteiger charge is 2.33. The predicted molar refractivity (Wildman–Crippen MR) is 107 cm³/mol. The molecule has 5 heteroatoms. The van der Waals surface area contributed by atoms with Crippen LogP contribution < -0.4 is 9.04 Å². The van der Waals surface area contributed by atoms with Crippen molar-refractivity contribution in [3.8, 4) is 5.75 Å². The second-order valence-electron chi connectivity index (χ2n) is 6.39. The van der Waals surface area contributed by atoms with Gasteiger partial charge in [0.25, 0.3) is 10.0 Å². The van der Waals surface area contributed by atoms with Crippen molar-refractivity contribution in [3.05, 3.63) is 95.7 Å². The van der Waals surface area contributed by atoms with E-state index in [1.165, 1.54) is 4.31 Å². The Kier molecular flexibility index (Phi) is 4.46.